The van der Waals surface area contributed by atoms with Gasteiger partial charge in [-0.05, 0) is 25.0 Å². The van der Waals surface area contributed by atoms with Gasteiger partial charge in [0.05, 0.1) is 18.4 Å². The van der Waals surface area contributed by atoms with Gasteiger partial charge in [-0.25, -0.2) is 9.07 Å². The van der Waals surface area contributed by atoms with Crippen LogP contribution in [0.3, 0.4) is 0 Å². The van der Waals surface area contributed by atoms with Gasteiger partial charge in [0, 0.05) is 19.3 Å². The van der Waals surface area contributed by atoms with Crippen molar-refractivity contribution in [2.24, 2.45) is 0 Å². The van der Waals surface area contributed by atoms with Crippen LogP contribution in [-0.2, 0) is 6.54 Å². The predicted octanol–water partition coefficient (Wildman–Crippen LogP) is 1.32. The third kappa shape index (κ3) is 2.78. The van der Waals surface area contributed by atoms with E-state index in [0.29, 0.717) is 31.7 Å². The average molecular weight is 301 g/mol. The van der Waals surface area contributed by atoms with Gasteiger partial charge in [-0.15, -0.1) is 5.10 Å². The lowest BCUT2D eigenvalue weighted by Gasteiger charge is -2.40. The first-order chi connectivity index (χ1) is 10.6. The van der Waals surface area contributed by atoms with E-state index in [9.17, 15) is 9.50 Å². The maximum Gasteiger partial charge on any atom is 0.143 e. The number of β-amino-alcohol motifs (C(OH)–C–C–N with tert-alkyl or cyclic N) is 1. The van der Waals surface area contributed by atoms with Crippen LogP contribution in [0.25, 0.3) is 0 Å². The van der Waals surface area contributed by atoms with Gasteiger partial charge >= 0.3 is 0 Å². The number of benzene rings is 1. The minimum atomic E-state index is -0.981. The van der Waals surface area contributed by atoms with E-state index in [1.807, 2.05) is 11.0 Å². The fourth-order valence-electron chi connectivity index (χ4n) is 2.95. The van der Waals surface area contributed by atoms with Crippen LogP contribution in [0.2, 0.25) is 0 Å². The molecule has 0 aliphatic carbocycles. The topological polar surface area (TPSA) is 78.0 Å². The molecule has 114 valence electrons. The summed E-state index contributed by atoms with van der Waals surface area (Å²) >= 11 is 0. The standard InChI is InChI=1S/C15H16FN5O/c16-13-3-1-4-14(12(13)9-17)20-7-2-5-15(22,10-20)11-21-8-6-18-19-21/h1,3-4,6,8,22H,2,5,7,10-11H2. The number of aromatic nitrogens is 3. The molecule has 7 heteroatoms. The van der Waals surface area contributed by atoms with Gasteiger partial charge < -0.3 is 10.0 Å². The second kappa shape index (κ2) is 5.73. The molecule has 2 heterocycles. The van der Waals surface area contributed by atoms with E-state index in [-0.39, 0.29) is 5.56 Å². The summed E-state index contributed by atoms with van der Waals surface area (Å²) in [5.74, 6) is -0.537. The summed E-state index contributed by atoms with van der Waals surface area (Å²) in [5.41, 5.74) is -0.433. The van der Waals surface area contributed by atoms with Gasteiger partial charge in [0.1, 0.15) is 23.1 Å². The number of hydrogen-bond donors (Lipinski definition) is 1. The van der Waals surface area contributed by atoms with E-state index < -0.39 is 11.4 Å². The zero-order valence-corrected chi connectivity index (χ0v) is 12.0. The van der Waals surface area contributed by atoms with Crippen LogP contribution < -0.4 is 4.90 Å². The average Bonchev–Trinajstić information content (AvgIpc) is 2.99. The Labute approximate surface area is 127 Å². The van der Waals surface area contributed by atoms with Gasteiger partial charge in [0.25, 0.3) is 0 Å². The Morgan fingerprint density at radius 3 is 3.05 bits per heavy atom. The highest BCUT2D eigenvalue weighted by atomic mass is 19.1. The summed E-state index contributed by atoms with van der Waals surface area (Å²) in [5, 5.41) is 27.6. The van der Waals surface area contributed by atoms with Crippen LogP contribution in [0.15, 0.2) is 30.6 Å². The molecule has 6 nitrogen and oxygen atoms in total. The lowest BCUT2D eigenvalue weighted by molar-refractivity contribution is 0.00601. The number of rotatable bonds is 3. The zero-order valence-electron chi connectivity index (χ0n) is 12.0. The van der Waals surface area contributed by atoms with Crippen LogP contribution >= 0.6 is 0 Å². The van der Waals surface area contributed by atoms with Gasteiger partial charge in [-0.1, -0.05) is 11.3 Å². The Balaban J connectivity index is 1.84. The third-order valence-electron chi connectivity index (χ3n) is 3.93. The molecule has 1 aliphatic rings. The first kappa shape index (κ1) is 14.5. The summed E-state index contributed by atoms with van der Waals surface area (Å²) in [6.07, 6.45) is 4.64. The van der Waals surface area contributed by atoms with E-state index in [1.54, 1.807) is 29.2 Å². The number of hydrogen-bond acceptors (Lipinski definition) is 5. The molecule has 1 N–H and O–H groups in total. The lowest BCUT2D eigenvalue weighted by atomic mass is 9.92. The quantitative estimate of drug-likeness (QED) is 0.925. The highest BCUT2D eigenvalue weighted by Gasteiger charge is 2.35. The van der Waals surface area contributed by atoms with E-state index in [2.05, 4.69) is 10.3 Å². The fraction of sp³-hybridized carbons (Fsp3) is 0.400. The van der Waals surface area contributed by atoms with Crippen LogP contribution in [-0.4, -0.2) is 38.8 Å². The Morgan fingerprint density at radius 1 is 1.45 bits per heavy atom. The summed E-state index contributed by atoms with van der Waals surface area (Å²) in [6.45, 7) is 1.32. The molecular weight excluding hydrogens is 285 g/mol. The van der Waals surface area contributed by atoms with Crippen molar-refractivity contribution in [1.29, 1.82) is 5.26 Å². The SMILES string of the molecule is N#Cc1c(F)cccc1N1CCCC(O)(Cn2ccnn2)C1. The van der Waals surface area contributed by atoms with Crippen LogP contribution in [0.5, 0.6) is 0 Å². The highest BCUT2D eigenvalue weighted by Crippen LogP contribution is 2.30. The van der Waals surface area contributed by atoms with Gasteiger partial charge in [0.2, 0.25) is 0 Å². The smallest absolute Gasteiger partial charge is 0.143 e. The van der Waals surface area contributed by atoms with Gasteiger partial charge in [-0.3, -0.25) is 0 Å². The van der Waals surface area contributed by atoms with Crippen molar-refractivity contribution in [3.63, 3.8) is 0 Å². The van der Waals surface area contributed by atoms with Crippen molar-refractivity contribution in [3.05, 3.63) is 42.0 Å². The Morgan fingerprint density at radius 2 is 2.32 bits per heavy atom. The maximum atomic E-state index is 13.8. The molecule has 2 aromatic rings. The predicted molar refractivity (Wildman–Crippen MR) is 77.5 cm³/mol. The molecule has 0 bridgehead atoms. The maximum absolute atomic E-state index is 13.8. The number of nitriles is 1. The summed E-state index contributed by atoms with van der Waals surface area (Å²) in [6, 6.07) is 6.47. The molecule has 1 aliphatic heterocycles. The van der Waals surface area contributed by atoms with Crippen molar-refractivity contribution in [2.75, 3.05) is 18.0 Å². The van der Waals surface area contributed by atoms with E-state index >= 15 is 0 Å². The molecule has 0 radical (unpaired) electrons. The fourth-order valence-corrected chi connectivity index (χ4v) is 2.95. The lowest BCUT2D eigenvalue weighted by Crippen LogP contribution is -2.51. The van der Waals surface area contributed by atoms with Crippen molar-refractivity contribution in [3.8, 4) is 6.07 Å². The molecular formula is C15H16FN5O. The number of halogens is 1. The molecule has 1 saturated heterocycles. The van der Waals surface area contributed by atoms with Crippen molar-refractivity contribution in [2.45, 2.75) is 25.0 Å². The summed E-state index contributed by atoms with van der Waals surface area (Å²) in [4.78, 5) is 1.86. The van der Waals surface area contributed by atoms with Gasteiger partial charge in [-0.2, -0.15) is 5.26 Å². The second-order valence-electron chi connectivity index (χ2n) is 5.60. The van der Waals surface area contributed by atoms with Gasteiger partial charge in [0.15, 0.2) is 0 Å². The van der Waals surface area contributed by atoms with Crippen LogP contribution in [0, 0.1) is 17.1 Å². The monoisotopic (exact) mass is 301 g/mol. The zero-order chi connectivity index (χ0) is 15.6. The molecule has 1 fully saturated rings. The van der Waals surface area contributed by atoms with E-state index in [1.165, 1.54) is 6.07 Å². The molecule has 3 rings (SSSR count). The van der Waals surface area contributed by atoms with Crippen LogP contribution in [0.4, 0.5) is 10.1 Å². The summed E-state index contributed by atoms with van der Waals surface area (Å²) in [7, 11) is 0. The molecule has 1 unspecified atom stereocenters. The molecule has 22 heavy (non-hydrogen) atoms. The van der Waals surface area contributed by atoms with E-state index in [0.717, 1.165) is 6.42 Å². The first-order valence-electron chi connectivity index (χ1n) is 7.11. The van der Waals surface area contributed by atoms with Crippen LogP contribution in [0.1, 0.15) is 18.4 Å². The molecule has 1 aromatic heterocycles. The third-order valence-corrected chi connectivity index (χ3v) is 3.93. The molecule has 0 amide bonds. The molecule has 1 aromatic carbocycles. The van der Waals surface area contributed by atoms with Crippen molar-refractivity contribution >= 4 is 5.69 Å². The highest BCUT2D eigenvalue weighted by molar-refractivity contribution is 5.60. The summed E-state index contributed by atoms with van der Waals surface area (Å²) < 4.78 is 15.4. The minimum absolute atomic E-state index is 0.0208. The molecule has 0 saturated carbocycles. The number of nitrogens with zero attached hydrogens (tertiary/aromatic N) is 5. The Kier molecular flexibility index (Phi) is 3.77. The Bertz CT molecular complexity index is 696. The Hall–Kier alpha value is -2.46. The number of aliphatic hydroxyl groups is 1. The van der Waals surface area contributed by atoms with E-state index in [4.69, 9.17) is 5.26 Å². The number of piperidine rings is 1. The molecule has 1 atom stereocenters. The van der Waals surface area contributed by atoms with Crippen molar-refractivity contribution in [1.82, 2.24) is 15.0 Å². The normalized spacial score (nSPS) is 21.6. The number of anilines is 1. The molecule has 0 spiro atoms. The van der Waals surface area contributed by atoms with Crippen molar-refractivity contribution < 1.29 is 9.50 Å². The minimum Gasteiger partial charge on any atom is -0.386 e. The second-order valence-corrected chi connectivity index (χ2v) is 5.60. The first-order valence-corrected chi connectivity index (χ1v) is 7.11. The largest absolute Gasteiger partial charge is 0.386 e.